The van der Waals surface area contributed by atoms with Crippen LogP contribution in [0.5, 0.6) is 0 Å². The molecule has 0 saturated heterocycles. The van der Waals surface area contributed by atoms with E-state index in [1.165, 1.54) is 0 Å². The summed E-state index contributed by atoms with van der Waals surface area (Å²) < 4.78 is 160. The molecule has 1 heteroatoms. The lowest BCUT2D eigenvalue weighted by atomic mass is 9.85. The van der Waals surface area contributed by atoms with E-state index in [4.69, 9.17) is 16.8 Å². The van der Waals surface area contributed by atoms with Crippen molar-refractivity contribution >= 4 is 54.3 Å². The van der Waals surface area contributed by atoms with Crippen LogP contribution in [0, 0.1) is 0 Å². The standard InChI is InChI=1S/C48H30O/c1-2-13-33(14-3-1)46-39-17-6-8-19-41(39)47(42-20-9-7-18-40(42)46)34-26-24-32(25-27-34)38-22-11-23-45-48(38)43-30-35(28-29-44(43)49-45)37-21-10-15-31-12-4-5-16-36(31)37/h1-30H/i1D,2D,3D,6D,7D,8D,9D,13D,14D,17D,18D,19D,20D,24D,25D,26D,27D. The molecule has 1 heterocycles. The van der Waals surface area contributed by atoms with Crippen LogP contribution in [0.15, 0.2) is 186 Å². The highest BCUT2D eigenvalue weighted by Crippen LogP contribution is 2.45. The Kier molecular flexibility index (Phi) is 3.54. The van der Waals surface area contributed by atoms with Crippen molar-refractivity contribution in [3.8, 4) is 44.5 Å². The molecule has 0 radical (unpaired) electrons. The Hall–Kier alpha value is -6.44. The second-order valence-corrected chi connectivity index (χ2v) is 11.5. The summed E-state index contributed by atoms with van der Waals surface area (Å²) in [5.41, 5.74) is 0.629. The van der Waals surface area contributed by atoms with Gasteiger partial charge in [0.2, 0.25) is 0 Å². The number of hydrogen-bond acceptors (Lipinski definition) is 1. The minimum atomic E-state index is -0.828. The molecule has 0 fully saturated rings. The highest BCUT2D eigenvalue weighted by atomic mass is 16.3. The van der Waals surface area contributed by atoms with Crippen molar-refractivity contribution < 1.29 is 27.7 Å². The molecule has 10 rings (SSSR count). The van der Waals surface area contributed by atoms with Gasteiger partial charge < -0.3 is 4.42 Å². The molecular formula is C48H30O. The van der Waals surface area contributed by atoms with Crippen molar-refractivity contribution in [1.82, 2.24) is 0 Å². The van der Waals surface area contributed by atoms with Gasteiger partial charge in [-0.1, -0.05) is 163 Å². The van der Waals surface area contributed by atoms with E-state index in [2.05, 4.69) is 0 Å². The van der Waals surface area contributed by atoms with Gasteiger partial charge in [-0.15, -0.1) is 0 Å². The summed E-state index contributed by atoms with van der Waals surface area (Å²) in [6, 6.07) is 11.4. The molecule has 0 saturated carbocycles. The average Bonchev–Trinajstić information content (AvgIpc) is 3.70. The number of fused-ring (bicyclic) bond motifs is 6. The van der Waals surface area contributed by atoms with Gasteiger partial charge in [0.25, 0.3) is 0 Å². The summed E-state index contributed by atoms with van der Waals surface area (Å²) >= 11 is 0. The third kappa shape index (κ3) is 4.40. The molecule has 0 aliphatic rings. The molecule has 1 nitrogen and oxygen atoms in total. The van der Waals surface area contributed by atoms with Gasteiger partial charge >= 0.3 is 0 Å². The molecule has 0 unspecified atom stereocenters. The molecule has 0 amide bonds. The second kappa shape index (κ2) is 11.1. The van der Waals surface area contributed by atoms with Crippen molar-refractivity contribution in [2.75, 3.05) is 0 Å². The van der Waals surface area contributed by atoms with E-state index in [1.54, 1.807) is 18.2 Å². The molecule has 10 aromatic rings. The quantitative estimate of drug-likeness (QED) is 0.175. The Bertz CT molecular complexity index is 3710. The van der Waals surface area contributed by atoms with Gasteiger partial charge in [-0.2, -0.15) is 0 Å². The highest BCUT2D eigenvalue weighted by molar-refractivity contribution is 6.21. The molecule has 49 heavy (non-hydrogen) atoms. The summed E-state index contributed by atoms with van der Waals surface area (Å²) in [5.74, 6) is 0. The molecule has 228 valence electrons. The molecular weight excluding hydrogens is 593 g/mol. The first-order valence-electron chi connectivity index (χ1n) is 24.0. The maximum Gasteiger partial charge on any atom is 0.136 e. The van der Waals surface area contributed by atoms with E-state index in [0.717, 1.165) is 21.9 Å². The number of rotatable bonds is 4. The topological polar surface area (TPSA) is 13.1 Å². The van der Waals surface area contributed by atoms with Crippen LogP contribution in [0.25, 0.3) is 98.8 Å². The summed E-state index contributed by atoms with van der Waals surface area (Å²) in [6.45, 7) is 0. The molecule has 0 spiro atoms. The molecule has 0 bridgehead atoms. The van der Waals surface area contributed by atoms with Gasteiger partial charge in [-0.3, -0.25) is 0 Å². The Morgan fingerprint density at radius 1 is 0.367 bits per heavy atom. The zero-order valence-electron chi connectivity index (χ0n) is 42.4. The van der Waals surface area contributed by atoms with Crippen LogP contribution < -0.4 is 0 Å². The van der Waals surface area contributed by atoms with Gasteiger partial charge in [0.05, 0.1) is 23.3 Å². The van der Waals surface area contributed by atoms with E-state index < -0.39 is 147 Å². The van der Waals surface area contributed by atoms with Crippen LogP contribution in [0.3, 0.4) is 0 Å². The Labute approximate surface area is 308 Å². The fraction of sp³-hybridized carbons (Fsp3) is 0. The Morgan fingerprint density at radius 2 is 0.939 bits per heavy atom. The zero-order chi connectivity index (χ0) is 47.1. The third-order valence-electron chi connectivity index (χ3n) is 8.87. The van der Waals surface area contributed by atoms with Gasteiger partial charge in [0, 0.05) is 10.8 Å². The smallest absolute Gasteiger partial charge is 0.136 e. The van der Waals surface area contributed by atoms with Crippen molar-refractivity contribution in [3.63, 3.8) is 0 Å². The van der Waals surface area contributed by atoms with Gasteiger partial charge in [0.1, 0.15) is 11.2 Å². The van der Waals surface area contributed by atoms with E-state index >= 15 is 0 Å². The number of hydrogen-bond donors (Lipinski definition) is 0. The van der Waals surface area contributed by atoms with Gasteiger partial charge in [-0.05, 0) is 95.0 Å². The first-order valence-corrected chi connectivity index (χ1v) is 15.5. The predicted molar refractivity (Wildman–Crippen MR) is 208 cm³/mol. The summed E-state index contributed by atoms with van der Waals surface area (Å²) in [4.78, 5) is 0. The van der Waals surface area contributed by atoms with Crippen LogP contribution in [0.4, 0.5) is 0 Å². The van der Waals surface area contributed by atoms with E-state index in [1.807, 2.05) is 60.7 Å². The average molecular weight is 640 g/mol. The minimum absolute atomic E-state index is 0.147. The van der Waals surface area contributed by atoms with Crippen molar-refractivity contribution in [2.45, 2.75) is 0 Å². The third-order valence-corrected chi connectivity index (χ3v) is 8.87. The first kappa shape index (κ1) is 15.6. The van der Waals surface area contributed by atoms with Gasteiger partial charge in [0.15, 0.2) is 0 Å². The summed E-state index contributed by atoms with van der Waals surface area (Å²) in [5, 5.41) is 1.08. The molecule has 0 N–H and O–H groups in total. The molecule has 0 aliphatic carbocycles. The van der Waals surface area contributed by atoms with Crippen molar-refractivity contribution in [1.29, 1.82) is 0 Å². The van der Waals surface area contributed by atoms with Crippen LogP contribution in [0.1, 0.15) is 23.3 Å². The lowest BCUT2D eigenvalue weighted by molar-refractivity contribution is 0.669. The van der Waals surface area contributed by atoms with Crippen molar-refractivity contribution in [3.05, 3.63) is 182 Å². The summed E-state index contributed by atoms with van der Waals surface area (Å²) in [6.07, 6.45) is 0. The predicted octanol–water partition coefficient (Wildman–Crippen LogP) is 13.7. The fourth-order valence-corrected chi connectivity index (χ4v) is 6.75. The second-order valence-electron chi connectivity index (χ2n) is 11.5. The van der Waals surface area contributed by atoms with E-state index in [-0.39, 0.29) is 11.1 Å². The lowest BCUT2D eigenvalue weighted by Crippen LogP contribution is -1.90. The molecule has 1 aromatic heterocycles. The van der Waals surface area contributed by atoms with Crippen LogP contribution in [0.2, 0.25) is 0 Å². The van der Waals surface area contributed by atoms with Crippen LogP contribution in [-0.4, -0.2) is 0 Å². The largest absolute Gasteiger partial charge is 0.456 e. The van der Waals surface area contributed by atoms with Crippen LogP contribution >= 0.6 is 0 Å². The SMILES string of the molecule is [2H]c1c([2H])c([2H])c(-c2c3c([2H])c([2H])c([2H])c([2H])c3c(-c3c([2H])c([2H])c(-c4cccc5oc6ccc(-c7cccc8ccccc78)cc6c45)c([2H])c3[2H])c3c([2H])c([2H])c([2H])c([2H])c23)c([2H])c1[2H]. The van der Waals surface area contributed by atoms with Crippen molar-refractivity contribution in [2.24, 2.45) is 0 Å². The lowest BCUT2D eigenvalue weighted by Gasteiger charge is -2.18. The molecule has 9 aromatic carbocycles. The maximum absolute atomic E-state index is 9.65. The highest BCUT2D eigenvalue weighted by Gasteiger charge is 2.18. The number of furan rings is 1. The Balaban J connectivity index is 1.35. The Morgan fingerprint density at radius 3 is 1.65 bits per heavy atom. The maximum atomic E-state index is 9.65. The molecule has 0 atom stereocenters. The minimum Gasteiger partial charge on any atom is -0.456 e. The van der Waals surface area contributed by atoms with E-state index in [0.29, 0.717) is 21.9 Å². The molecule has 0 aliphatic heterocycles. The zero-order valence-corrected chi connectivity index (χ0v) is 25.4. The fourth-order valence-electron chi connectivity index (χ4n) is 6.75. The normalized spacial score (nSPS) is 16.5. The number of benzene rings is 9. The monoisotopic (exact) mass is 639 g/mol. The van der Waals surface area contributed by atoms with Gasteiger partial charge in [-0.25, -0.2) is 0 Å². The van der Waals surface area contributed by atoms with E-state index in [9.17, 15) is 11.0 Å². The summed E-state index contributed by atoms with van der Waals surface area (Å²) in [7, 11) is 0. The van der Waals surface area contributed by atoms with Crippen LogP contribution in [-0.2, 0) is 0 Å². The first-order chi connectivity index (χ1) is 31.4.